The van der Waals surface area contributed by atoms with Crippen LogP contribution in [0.25, 0.3) is 0 Å². The van der Waals surface area contributed by atoms with Crippen molar-refractivity contribution in [2.45, 2.75) is 33.2 Å². The Labute approximate surface area is 79.2 Å². The molecule has 0 radical (unpaired) electrons. The summed E-state index contributed by atoms with van der Waals surface area (Å²) in [6, 6.07) is 0. The number of hydrogen-bond acceptors (Lipinski definition) is 2. The van der Waals surface area contributed by atoms with E-state index in [0.29, 0.717) is 5.92 Å². The van der Waals surface area contributed by atoms with Crippen LogP contribution in [0.4, 0.5) is 5.82 Å². The summed E-state index contributed by atoms with van der Waals surface area (Å²) in [5, 5.41) is 3.36. The van der Waals surface area contributed by atoms with Crippen LogP contribution in [0.2, 0.25) is 0 Å². The third kappa shape index (κ3) is 1.69. The Kier molecular flexibility index (Phi) is 2.25. The fourth-order valence-corrected chi connectivity index (χ4v) is 1.79. The van der Waals surface area contributed by atoms with Gasteiger partial charge in [-0.3, -0.25) is 0 Å². The summed E-state index contributed by atoms with van der Waals surface area (Å²) < 4.78 is 2.31. The molecule has 1 aromatic heterocycles. The molecule has 1 N–H and O–H groups in total. The van der Waals surface area contributed by atoms with E-state index < -0.39 is 0 Å². The van der Waals surface area contributed by atoms with E-state index in [-0.39, 0.29) is 0 Å². The lowest BCUT2D eigenvalue weighted by Gasteiger charge is -2.18. The average molecular weight is 179 g/mol. The Hall–Kier alpha value is -0.990. The predicted octanol–water partition coefficient (Wildman–Crippen LogP) is 1.90. The van der Waals surface area contributed by atoms with Gasteiger partial charge in [-0.15, -0.1) is 0 Å². The fraction of sp³-hybridized carbons (Fsp3) is 0.700. The molecule has 0 saturated heterocycles. The number of imidazole rings is 1. The third-order valence-electron chi connectivity index (χ3n) is 2.39. The molecule has 0 aromatic carbocycles. The molecule has 0 atom stereocenters. The number of rotatable bonds is 2. The number of anilines is 1. The highest BCUT2D eigenvalue weighted by Gasteiger charge is 2.13. The Bertz CT molecular complexity index is 288. The molecule has 1 aromatic rings. The molecule has 3 heteroatoms. The highest BCUT2D eigenvalue weighted by atomic mass is 15.2. The van der Waals surface area contributed by atoms with E-state index in [9.17, 15) is 0 Å². The summed E-state index contributed by atoms with van der Waals surface area (Å²) in [7, 11) is 0. The van der Waals surface area contributed by atoms with Crippen LogP contribution in [0.1, 0.15) is 26.1 Å². The summed E-state index contributed by atoms with van der Waals surface area (Å²) in [6.45, 7) is 6.69. The molecule has 2 rings (SSSR count). The summed E-state index contributed by atoms with van der Waals surface area (Å²) in [5.74, 6) is 3.12. The first-order valence-electron chi connectivity index (χ1n) is 5.05. The molecule has 0 bridgehead atoms. The maximum Gasteiger partial charge on any atom is 0.126 e. The number of hydrogen-bond donors (Lipinski definition) is 1. The molecule has 1 aliphatic rings. The van der Waals surface area contributed by atoms with Crippen molar-refractivity contribution >= 4 is 5.82 Å². The van der Waals surface area contributed by atoms with Gasteiger partial charge in [-0.25, -0.2) is 4.98 Å². The van der Waals surface area contributed by atoms with E-state index in [1.54, 1.807) is 0 Å². The van der Waals surface area contributed by atoms with Crippen molar-refractivity contribution in [3.8, 4) is 0 Å². The Morgan fingerprint density at radius 3 is 3.23 bits per heavy atom. The smallest absolute Gasteiger partial charge is 0.126 e. The van der Waals surface area contributed by atoms with Crippen LogP contribution in [-0.4, -0.2) is 16.1 Å². The lowest BCUT2D eigenvalue weighted by Crippen LogP contribution is -2.18. The first-order chi connectivity index (χ1) is 6.27. The molecular weight excluding hydrogens is 162 g/mol. The largest absolute Gasteiger partial charge is 0.370 e. The molecule has 0 saturated carbocycles. The Morgan fingerprint density at radius 1 is 1.62 bits per heavy atom. The highest BCUT2D eigenvalue weighted by molar-refractivity contribution is 5.36. The van der Waals surface area contributed by atoms with Gasteiger partial charge in [-0.2, -0.15) is 0 Å². The summed E-state index contributed by atoms with van der Waals surface area (Å²) >= 11 is 0. The van der Waals surface area contributed by atoms with Gasteiger partial charge >= 0.3 is 0 Å². The maximum atomic E-state index is 4.44. The van der Waals surface area contributed by atoms with Crippen molar-refractivity contribution in [1.82, 2.24) is 9.55 Å². The third-order valence-corrected chi connectivity index (χ3v) is 2.39. The van der Waals surface area contributed by atoms with Crippen molar-refractivity contribution in [3.05, 3.63) is 12.0 Å². The minimum Gasteiger partial charge on any atom is -0.370 e. The highest BCUT2D eigenvalue weighted by Crippen LogP contribution is 2.18. The Morgan fingerprint density at radius 2 is 2.46 bits per heavy atom. The van der Waals surface area contributed by atoms with Crippen LogP contribution >= 0.6 is 0 Å². The maximum absolute atomic E-state index is 4.44. The normalized spacial score (nSPS) is 15.6. The average Bonchev–Trinajstić information content (AvgIpc) is 2.48. The Balaban J connectivity index is 2.21. The zero-order valence-electron chi connectivity index (χ0n) is 8.38. The molecule has 0 aliphatic carbocycles. The summed E-state index contributed by atoms with van der Waals surface area (Å²) in [4.78, 5) is 4.44. The lowest BCUT2D eigenvalue weighted by atomic mass is 10.1. The minimum atomic E-state index is 0.688. The molecule has 0 spiro atoms. The number of fused-ring (bicyclic) bond motifs is 1. The molecule has 0 fully saturated rings. The standard InChI is InChI=1S/C10H17N3/c1-8(2)6-9-12-7-10-11-4-3-5-13(9)10/h7-8,11H,3-6H2,1-2H3. The molecule has 72 valence electrons. The van der Waals surface area contributed by atoms with E-state index in [4.69, 9.17) is 0 Å². The van der Waals surface area contributed by atoms with Gasteiger partial charge in [-0.1, -0.05) is 13.8 Å². The quantitative estimate of drug-likeness (QED) is 0.751. The van der Waals surface area contributed by atoms with Gasteiger partial charge in [0.1, 0.15) is 11.6 Å². The second kappa shape index (κ2) is 3.40. The zero-order valence-corrected chi connectivity index (χ0v) is 8.38. The SMILES string of the molecule is CC(C)Cc1ncc2n1CCCN2. The molecule has 3 nitrogen and oxygen atoms in total. The topological polar surface area (TPSA) is 29.9 Å². The van der Waals surface area contributed by atoms with Gasteiger partial charge in [0.25, 0.3) is 0 Å². The van der Waals surface area contributed by atoms with Crippen LogP contribution in [-0.2, 0) is 13.0 Å². The van der Waals surface area contributed by atoms with Crippen molar-refractivity contribution in [1.29, 1.82) is 0 Å². The van der Waals surface area contributed by atoms with E-state index >= 15 is 0 Å². The molecule has 0 amide bonds. The lowest BCUT2D eigenvalue weighted by molar-refractivity contribution is 0.551. The van der Waals surface area contributed by atoms with Gasteiger partial charge in [0, 0.05) is 19.5 Å². The van der Waals surface area contributed by atoms with E-state index in [1.807, 2.05) is 6.20 Å². The number of nitrogens with zero attached hydrogens (tertiary/aromatic N) is 2. The molecule has 2 heterocycles. The molecule has 13 heavy (non-hydrogen) atoms. The van der Waals surface area contributed by atoms with Crippen LogP contribution in [0.3, 0.4) is 0 Å². The van der Waals surface area contributed by atoms with E-state index in [1.165, 1.54) is 18.1 Å². The van der Waals surface area contributed by atoms with E-state index in [0.717, 1.165) is 19.5 Å². The fourth-order valence-electron chi connectivity index (χ4n) is 1.79. The first-order valence-corrected chi connectivity index (χ1v) is 5.05. The monoisotopic (exact) mass is 179 g/mol. The second-order valence-corrected chi connectivity index (χ2v) is 4.09. The summed E-state index contributed by atoms with van der Waals surface area (Å²) in [5.41, 5.74) is 0. The van der Waals surface area contributed by atoms with Crippen LogP contribution in [0.5, 0.6) is 0 Å². The second-order valence-electron chi connectivity index (χ2n) is 4.09. The van der Waals surface area contributed by atoms with Crippen molar-refractivity contribution in [2.24, 2.45) is 5.92 Å². The van der Waals surface area contributed by atoms with Gasteiger partial charge in [0.15, 0.2) is 0 Å². The predicted molar refractivity (Wildman–Crippen MR) is 53.9 cm³/mol. The van der Waals surface area contributed by atoms with Gasteiger partial charge < -0.3 is 9.88 Å². The van der Waals surface area contributed by atoms with Crippen LogP contribution in [0, 0.1) is 5.92 Å². The number of aromatic nitrogens is 2. The molecule has 0 unspecified atom stereocenters. The number of nitrogens with one attached hydrogen (secondary N) is 1. The van der Waals surface area contributed by atoms with Crippen molar-refractivity contribution in [2.75, 3.05) is 11.9 Å². The van der Waals surface area contributed by atoms with Gasteiger partial charge in [-0.05, 0) is 12.3 Å². The van der Waals surface area contributed by atoms with E-state index in [2.05, 4.69) is 28.7 Å². The minimum absolute atomic E-state index is 0.688. The van der Waals surface area contributed by atoms with Gasteiger partial charge in [0.05, 0.1) is 6.20 Å². The molecular formula is C10H17N3. The molecule has 1 aliphatic heterocycles. The first kappa shape index (κ1) is 8.60. The van der Waals surface area contributed by atoms with Crippen LogP contribution < -0.4 is 5.32 Å². The summed E-state index contributed by atoms with van der Waals surface area (Å²) in [6.07, 6.45) is 4.26. The zero-order chi connectivity index (χ0) is 9.26. The van der Waals surface area contributed by atoms with Crippen molar-refractivity contribution < 1.29 is 0 Å². The van der Waals surface area contributed by atoms with Crippen LogP contribution in [0.15, 0.2) is 6.20 Å². The van der Waals surface area contributed by atoms with Crippen molar-refractivity contribution in [3.63, 3.8) is 0 Å². The van der Waals surface area contributed by atoms with Gasteiger partial charge in [0.2, 0.25) is 0 Å².